The fraction of sp³-hybridized carbons (Fsp3) is 0.500. The van der Waals surface area contributed by atoms with Gasteiger partial charge in [-0.2, -0.15) is 0 Å². The summed E-state index contributed by atoms with van der Waals surface area (Å²) < 4.78 is 0. The van der Waals surface area contributed by atoms with Crippen LogP contribution in [0.3, 0.4) is 0 Å². The molecular formula is C4H10N2Na2O3. The predicted molar refractivity (Wildman–Crippen MR) is 44.9 cm³/mol. The quantitative estimate of drug-likeness (QED) is 0.236. The maximum absolute atomic E-state index is 8.03. The van der Waals surface area contributed by atoms with Crippen molar-refractivity contribution >= 4 is 70.5 Å². The van der Waals surface area contributed by atoms with E-state index in [9.17, 15) is 0 Å². The Bertz CT molecular complexity index is 121. The van der Waals surface area contributed by atoms with Crippen LogP contribution in [0.5, 0.6) is 0 Å². The maximum Gasteiger partial charge on any atom is 0.101 e. The van der Waals surface area contributed by atoms with E-state index in [2.05, 4.69) is 10.3 Å². The van der Waals surface area contributed by atoms with Gasteiger partial charge in [0.1, 0.15) is 11.4 Å². The van der Waals surface area contributed by atoms with Gasteiger partial charge in [-0.25, -0.2) is 0 Å². The van der Waals surface area contributed by atoms with E-state index in [4.69, 9.17) is 10.4 Å². The van der Waals surface area contributed by atoms with Gasteiger partial charge < -0.3 is 15.9 Å². The topological polar surface area (TPSA) is 96.7 Å². The van der Waals surface area contributed by atoms with Crippen LogP contribution in [-0.2, 0) is 0 Å². The molecule has 0 bridgehead atoms. The Morgan fingerprint density at radius 3 is 1.18 bits per heavy atom. The van der Waals surface area contributed by atoms with Gasteiger partial charge in [-0.15, -0.1) is 0 Å². The summed E-state index contributed by atoms with van der Waals surface area (Å²) >= 11 is 0. The Morgan fingerprint density at radius 2 is 1.09 bits per heavy atom. The van der Waals surface area contributed by atoms with Crippen molar-refractivity contribution < 1.29 is 15.9 Å². The first kappa shape index (κ1) is 22.7. The molecule has 56 valence electrons. The monoisotopic (exact) mass is 180 g/mol. The molecule has 0 fully saturated rings. The third-order valence-electron chi connectivity index (χ3n) is 0.824. The molecule has 0 aromatic rings. The van der Waals surface area contributed by atoms with Crippen LogP contribution in [0.15, 0.2) is 10.3 Å². The molecule has 11 heavy (non-hydrogen) atoms. The molecule has 2 radical (unpaired) electrons. The fourth-order valence-electron chi connectivity index (χ4n) is 0.145. The van der Waals surface area contributed by atoms with E-state index < -0.39 is 0 Å². The number of hydrogen-bond acceptors (Lipinski definition) is 4. The van der Waals surface area contributed by atoms with Gasteiger partial charge in [0.15, 0.2) is 0 Å². The molecule has 0 aliphatic heterocycles. The van der Waals surface area contributed by atoms with Crippen LogP contribution in [0.4, 0.5) is 0 Å². The van der Waals surface area contributed by atoms with Crippen molar-refractivity contribution in [3.05, 3.63) is 0 Å². The molecule has 0 amide bonds. The summed E-state index contributed by atoms with van der Waals surface area (Å²) in [7, 11) is 0. The van der Waals surface area contributed by atoms with Gasteiger partial charge in [0.05, 0.1) is 0 Å². The van der Waals surface area contributed by atoms with E-state index in [1.165, 1.54) is 13.8 Å². The molecule has 0 aromatic heterocycles. The Kier molecular flexibility index (Phi) is 27.8. The molecule has 0 saturated carbocycles. The summed E-state index contributed by atoms with van der Waals surface area (Å²) in [6.07, 6.45) is 0. The SMILES string of the molecule is CC(=NO)C(C)=NO.O.[Na].[Na]. The molecule has 7 heteroatoms. The Labute approximate surface area is 109 Å². The van der Waals surface area contributed by atoms with Crippen molar-refractivity contribution in [2.24, 2.45) is 10.3 Å². The first-order chi connectivity index (χ1) is 3.72. The van der Waals surface area contributed by atoms with Crippen molar-refractivity contribution in [3.8, 4) is 0 Å². The van der Waals surface area contributed by atoms with E-state index in [1.54, 1.807) is 0 Å². The summed E-state index contributed by atoms with van der Waals surface area (Å²) in [5.74, 6) is 0. The van der Waals surface area contributed by atoms with Crippen molar-refractivity contribution in [1.82, 2.24) is 0 Å². The first-order valence-corrected chi connectivity index (χ1v) is 2.10. The average Bonchev–Trinajstić information content (AvgIpc) is 1.84. The van der Waals surface area contributed by atoms with Crippen LogP contribution < -0.4 is 0 Å². The predicted octanol–water partition coefficient (Wildman–Crippen LogP) is -0.900. The summed E-state index contributed by atoms with van der Waals surface area (Å²) in [5.41, 5.74) is 0.625. The van der Waals surface area contributed by atoms with Crippen LogP contribution in [0.1, 0.15) is 13.8 Å². The Hall–Kier alpha value is 0.900. The third kappa shape index (κ3) is 10.9. The fourth-order valence-corrected chi connectivity index (χ4v) is 0.145. The number of nitrogens with zero attached hydrogens (tertiary/aromatic N) is 2. The minimum absolute atomic E-state index is 0. The molecule has 0 spiro atoms. The van der Waals surface area contributed by atoms with Crippen molar-refractivity contribution in [1.29, 1.82) is 0 Å². The van der Waals surface area contributed by atoms with Gasteiger partial charge in [0, 0.05) is 59.1 Å². The largest absolute Gasteiger partial charge is 0.412 e. The van der Waals surface area contributed by atoms with Crippen LogP contribution in [0.25, 0.3) is 0 Å². The molecule has 0 aliphatic rings. The zero-order valence-corrected chi connectivity index (χ0v) is 11.3. The van der Waals surface area contributed by atoms with E-state index >= 15 is 0 Å². The van der Waals surface area contributed by atoms with Crippen LogP contribution >= 0.6 is 0 Å². The van der Waals surface area contributed by atoms with Gasteiger partial charge in [0.25, 0.3) is 0 Å². The van der Waals surface area contributed by atoms with Crippen molar-refractivity contribution in [3.63, 3.8) is 0 Å². The smallest absolute Gasteiger partial charge is 0.101 e. The molecule has 0 rings (SSSR count). The average molecular weight is 180 g/mol. The van der Waals surface area contributed by atoms with Gasteiger partial charge in [0.2, 0.25) is 0 Å². The van der Waals surface area contributed by atoms with E-state index in [0.717, 1.165) is 0 Å². The molecule has 0 aliphatic carbocycles. The zero-order chi connectivity index (χ0) is 6.57. The first-order valence-electron chi connectivity index (χ1n) is 2.10. The number of oxime groups is 2. The second-order valence-electron chi connectivity index (χ2n) is 1.37. The summed E-state index contributed by atoms with van der Waals surface area (Å²) in [6.45, 7) is 3.07. The summed E-state index contributed by atoms with van der Waals surface area (Å²) in [5, 5.41) is 21.6. The molecule has 4 N–H and O–H groups in total. The third-order valence-corrected chi connectivity index (χ3v) is 0.824. The molecule has 0 heterocycles. The van der Waals surface area contributed by atoms with E-state index in [-0.39, 0.29) is 64.6 Å². The van der Waals surface area contributed by atoms with E-state index in [1.807, 2.05) is 0 Å². The minimum atomic E-state index is 0. The minimum Gasteiger partial charge on any atom is -0.412 e. The van der Waals surface area contributed by atoms with Gasteiger partial charge >= 0.3 is 0 Å². The number of hydrogen-bond donors (Lipinski definition) is 2. The normalized spacial score (nSPS) is 10.4. The number of rotatable bonds is 1. The van der Waals surface area contributed by atoms with E-state index in [0.29, 0.717) is 11.4 Å². The Balaban J connectivity index is -0.0000000817. The molecular weight excluding hydrogens is 170 g/mol. The van der Waals surface area contributed by atoms with Crippen LogP contribution in [0, 0.1) is 0 Å². The van der Waals surface area contributed by atoms with Gasteiger partial charge in [-0.3, -0.25) is 0 Å². The molecule has 0 aromatic carbocycles. The van der Waals surface area contributed by atoms with Gasteiger partial charge in [-0.1, -0.05) is 10.3 Å². The Morgan fingerprint density at radius 1 is 0.909 bits per heavy atom. The second kappa shape index (κ2) is 13.5. The van der Waals surface area contributed by atoms with Gasteiger partial charge in [-0.05, 0) is 13.8 Å². The standard InChI is InChI=1S/C4H8N2O2.2Na.H2O/c1-3(5-7)4(2)6-8;;;/h7-8H,1-2H3;;;1H2. The molecule has 0 saturated heterocycles. The zero-order valence-electron chi connectivity index (χ0n) is 7.29. The maximum atomic E-state index is 8.03. The summed E-state index contributed by atoms with van der Waals surface area (Å²) in [6, 6.07) is 0. The second-order valence-corrected chi connectivity index (χ2v) is 1.37. The van der Waals surface area contributed by atoms with Crippen LogP contribution in [-0.4, -0.2) is 86.4 Å². The summed E-state index contributed by atoms with van der Waals surface area (Å²) in [4.78, 5) is 0. The van der Waals surface area contributed by atoms with Crippen molar-refractivity contribution in [2.45, 2.75) is 13.8 Å². The molecule has 5 nitrogen and oxygen atoms in total. The van der Waals surface area contributed by atoms with Crippen molar-refractivity contribution in [2.75, 3.05) is 0 Å². The van der Waals surface area contributed by atoms with Crippen LogP contribution in [0.2, 0.25) is 0 Å². The molecule has 0 atom stereocenters. The molecule has 0 unspecified atom stereocenters.